The number of carbonyl (C=O) groups is 1. The van der Waals surface area contributed by atoms with E-state index in [1.54, 1.807) is 29.2 Å². The SMILES string of the molecule is CC(C)[C@@H]([NH2+]CC(=O)Nc1cc(Cl)ccc1-n1cncn1)c1ccccc1. The van der Waals surface area contributed by atoms with Gasteiger partial charge in [0, 0.05) is 16.5 Å². The summed E-state index contributed by atoms with van der Waals surface area (Å²) in [4.78, 5) is 16.5. The van der Waals surface area contributed by atoms with Crippen molar-refractivity contribution in [2.75, 3.05) is 11.9 Å². The number of aromatic nitrogens is 3. The Morgan fingerprint density at radius 1 is 1.22 bits per heavy atom. The minimum Gasteiger partial charge on any atom is -0.332 e. The zero-order valence-electron chi connectivity index (χ0n) is 15.3. The minimum atomic E-state index is -0.0970. The van der Waals surface area contributed by atoms with Crippen molar-refractivity contribution < 1.29 is 10.1 Å². The van der Waals surface area contributed by atoms with Crippen molar-refractivity contribution >= 4 is 23.2 Å². The van der Waals surface area contributed by atoms with E-state index in [0.29, 0.717) is 28.9 Å². The van der Waals surface area contributed by atoms with Crippen LogP contribution in [0, 0.1) is 5.92 Å². The van der Waals surface area contributed by atoms with Gasteiger partial charge in [0.05, 0.1) is 11.4 Å². The van der Waals surface area contributed by atoms with E-state index in [1.807, 2.05) is 18.2 Å². The molecule has 3 aromatic rings. The molecule has 6 nitrogen and oxygen atoms in total. The average Bonchev–Trinajstić information content (AvgIpc) is 3.17. The molecule has 0 bridgehead atoms. The van der Waals surface area contributed by atoms with E-state index in [4.69, 9.17) is 11.6 Å². The van der Waals surface area contributed by atoms with E-state index < -0.39 is 0 Å². The summed E-state index contributed by atoms with van der Waals surface area (Å²) in [5.41, 5.74) is 2.53. The predicted molar refractivity (Wildman–Crippen MR) is 106 cm³/mol. The molecule has 0 aliphatic rings. The smallest absolute Gasteiger partial charge is 0.279 e. The molecular formula is C20H23ClN5O+. The Kier molecular flexibility index (Phi) is 6.21. The number of amides is 1. The van der Waals surface area contributed by atoms with Gasteiger partial charge in [-0.2, -0.15) is 5.10 Å². The van der Waals surface area contributed by atoms with Crippen LogP contribution in [0.15, 0.2) is 61.2 Å². The Balaban J connectivity index is 1.70. The van der Waals surface area contributed by atoms with Crippen LogP contribution >= 0.6 is 11.6 Å². The summed E-state index contributed by atoms with van der Waals surface area (Å²) in [6, 6.07) is 15.7. The van der Waals surface area contributed by atoms with Crippen LogP contribution in [0.4, 0.5) is 5.69 Å². The molecule has 0 radical (unpaired) electrons. The fraction of sp³-hybridized carbons (Fsp3) is 0.250. The number of hydrogen-bond donors (Lipinski definition) is 2. The van der Waals surface area contributed by atoms with Crippen molar-refractivity contribution in [3.8, 4) is 5.69 Å². The molecule has 0 aliphatic carbocycles. The van der Waals surface area contributed by atoms with Gasteiger partial charge in [-0.05, 0) is 18.2 Å². The first-order chi connectivity index (χ1) is 13.0. The Morgan fingerprint density at radius 3 is 2.67 bits per heavy atom. The number of hydrogen-bond acceptors (Lipinski definition) is 3. The summed E-state index contributed by atoms with van der Waals surface area (Å²) in [7, 11) is 0. The highest BCUT2D eigenvalue weighted by atomic mass is 35.5. The summed E-state index contributed by atoms with van der Waals surface area (Å²) >= 11 is 6.11. The third-order valence-electron chi connectivity index (χ3n) is 4.36. The Labute approximate surface area is 163 Å². The van der Waals surface area contributed by atoms with Gasteiger partial charge >= 0.3 is 0 Å². The third kappa shape index (κ3) is 4.93. The van der Waals surface area contributed by atoms with Crippen molar-refractivity contribution in [2.24, 2.45) is 5.92 Å². The molecule has 1 atom stereocenters. The van der Waals surface area contributed by atoms with Gasteiger partial charge in [0.25, 0.3) is 5.91 Å². The van der Waals surface area contributed by atoms with Crippen molar-refractivity contribution in [1.29, 1.82) is 0 Å². The quantitative estimate of drug-likeness (QED) is 0.657. The summed E-state index contributed by atoms with van der Waals surface area (Å²) in [5, 5.41) is 9.68. The third-order valence-corrected chi connectivity index (χ3v) is 4.59. The molecule has 27 heavy (non-hydrogen) atoms. The maximum absolute atomic E-state index is 12.6. The van der Waals surface area contributed by atoms with Crippen LogP contribution in [0.5, 0.6) is 0 Å². The predicted octanol–water partition coefficient (Wildman–Crippen LogP) is 2.82. The molecule has 1 amide bonds. The topological polar surface area (TPSA) is 76.4 Å². The Morgan fingerprint density at radius 2 is 2.00 bits per heavy atom. The van der Waals surface area contributed by atoms with E-state index in [1.165, 1.54) is 11.9 Å². The highest BCUT2D eigenvalue weighted by Gasteiger charge is 2.20. The second-order valence-electron chi connectivity index (χ2n) is 6.67. The van der Waals surface area contributed by atoms with Gasteiger partial charge in [0.15, 0.2) is 6.54 Å². The van der Waals surface area contributed by atoms with Gasteiger partial charge in [0.2, 0.25) is 0 Å². The molecule has 2 aromatic carbocycles. The van der Waals surface area contributed by atoms with Crippen molar-refractivity contribution in [3.05, 3.63) is 71.8 Å². The van der Waals surface area contributed by atoms with Gasteiger partial charge < -0.3 is 10.6 Å². The monoisotopic (exact) mass is 384 g/mol. The van der Waals surface area contributed by atoms with E-state index in [0.717, 1.165) is 0 Å². The van der Waals surface area contributed by atoms with Crippen molar-refractivity contribution in [1.82, 2.24) is 14.8 Å². The number of nitrogens with zero attached hydrogens (tertiary/aromatic N) is 3. The highest BCUT2D eigenvalue weighted by molar-refractivity contribution is 6.31. The number of benzene rings is 2. The van der Waals surface area contributed by atoms with Gasteiger partial charge in [0.1, 0.15) is 18.7 Å². The normalized spacial score (nSPS) is 12.1. The van der Waals surface area contributed by atoms with E-state index >= 15 is 0 Å². The second-order valence-corrected chi connectivity index (χ2v) is 7.11. The van der Waals surface area contributed by atoms with Gasteiger partial charge in [-0.3, -0.25) is 4.79 Å². The summed E-state index contributed by atoms with van der Waals surface area (Å²) in [5.74, 6) is 0.303. The fourth-order valence-electron chi connectivity index (χ4n) is 3.04. The zero-order valence-corrected chi connectivity index (χ0v) is 16.1. The van der Waals surface area contributed by atoms with Gasteiger partial charge in [-0.1, -0.05) is 55.8 Å². The lowest BCUT2D eigenvalue weighted by Crippen LogP contribution is -2.88. The van der Waals surface area contributed by atoms with Crippen molar-refractivity contribution in [2.45, 2.75) is 19.9 Å². The molecule has 0 aliphatic heterocycles. The molecule has 0 saturated carbocycles. The molecule has 0 unspecified atom stereocenters. The molecule has 3 N–H and O–H groups in total. The fourth-order valence-corrected chi connectivity index (χ4v) is 3.22. The van der Waals surface area contributed by atoms with E-state index in [-0.39, 0.29) is 11.9 Å². The van der Waals surface area contributed by atoms with Crippen LogP contribution in [0.1, 0.15) is 25.5 Å². The maximum Gasteiger partial charge on any atom is 0.279 e. The number of halogens is 1. The van der Waals surface area contributed by atoms with Crippen LogP contribution in [0.25, 0.3) is 5.69 Å². The molecule has 140 valence electrons. The highest BCUT2D eigenvalue weighted by Crippen LogP contribution is 2.24. The van der Waals surface area contributed by atoms with Crippen molar-refractivity contribution in [3.63, 3.8) is 0 Å². The van der Waals surface area contributed by atoms with Gasteiger partial charge in [-0.25, -0.2) is 9.67 Å². The van der Waals surface area contributed by atoms with E-state index in [9.17, 15) is 4.79 Å². The number of carbonyl (C=O) groups excluding carboxylic acids is 1. The molecule has 0 spiro atoms. The molecule has 1 heterocycles. The summed E-state index contributed by atoms with van der Waals surface area (Å²) in [6.07, 6.45) is 3.02. The number of quaternary nitrogens is 1. The largest absolute Gasteiger partial charge is 0.332 e. The lowest BCUT2D eigenvalue weighted by Gasteiger charge is -2.19. The first-order valence-electron chi connectivity index (χ1n) is 8.87. The van der Waals surface area contributed by atoms with Crippen LogP contribution in [0.3, 0.4) is 0 Å². The summed E-state index contributed by atoms with van der Waals surface area (Å²) < 4.78 is 1.59. The maximum atomic E-state index is 12.6. The van der Waals surface area contributed by atoms with Crippen LogP contribution in [-0.4, -0.2) is 27.2 Å². The molecule has 3 rings (SSSR count). The second kappa shape index (κ2) is 8.79. The first kappa shape index (κ1) is 19.1. The molecule has 0 saturated heterocycles. The van der Waals surface area contributed by atoms with Crippen LogP contribution in [-0.2, 0) is 4.79 Å². The lowest BCUT2D eigenvalue weighted by atomic mass is 9.96. The number of nitrogens with one attached hydrogen (secondary N) is 1. The Bertz CT molecular complexity index is 881. The van der Waals surface area contributed by atoms with Crippen LogP contribution < -0.4 is 10.6 Å². The summed E-state index contributed by atoms with van der Waals surface area (Å²) in [6.45, 7) is 4.62. The first-order valence-corrected chi connectivity index (χ1v) is 9.25. The Hall–Kier alpha value is -2.70. The standard InChI is InChI=1S/C20H22ClN5O/c1-14(2)20(15-6-4-3-5-7-15)23-11-19(27)25-17-10-16(21)8-9-18(17)26-13-22-12-24-26/h3-10,12-14,20,23H,11H2,1-2H3,(H,25,27)/p+1/t20-/m1/s1. The number of rotatable bonds is 7. The molecule has 0 fully saturated rings. The number of nitrogens with two attached hydrogens (primary N) is 1. The molecular weight excluding hydrogens is 362 g/mol. The van der Waals surface area contributed by atoms with Crippen LogP contribution in [0.2, 0.25) is 5.02 Å². The van der Waals surface area contributed by atoms with E-state index in [2.05, 4.69) is 46.7 Å². The molecule has 7 heteroatoms. The average molecular weight is 385 g/mol. The minimum absolute atomic E-state index is 0.0970. The lowest BCUT2D eigenvalue weighted by molar-refractivity contribution is -0.692. The zero-order chi connectivity index (χ0) is 19.2. The number of anilines is 1. The van der Waals surface area contributed by atoms with Gasteiger partial charge in [-0.15, -0.1) is 0 Å². The molecule has 1 aromatic heterocycles.